The smallest absolute Gasteiger partial charge is 0.270 e. The van der Waals surface area contributed by atoms with E-state index in [0.29, 0.717) is 11.7 Å². The van der Waals surface area contributed by atoms with Gasteiger partial charge in [-0.2, -0.15) is 0 Å². The first-order valence-electron chi connectivity index (χ1n) is 7.15. The van der Waals surface area contributed by atoms with Crippen molar-refractivity contribution in [2.75, 3.05) is 0 Å². The Kier molecular flexibility index (Phi) is 3.77. The van der Waals surface area contributed by atoms with Crippen molar-refractivity contribution in [1.29, 1.82) is 0 Å². The Labute approximate surface area is 119 Å². The Morgan fingerprint density at radius 2 is 1.75 bits per heavy atom. The van der Waals surface area contributed by atoms with E-state index in [4.69, 9.17) is 0 Å². The van der Waals surface area contributed by atoms with Crippen molar-refractivity contribution in [1.82, 2.24) is 10.3 Å². The molecule has 3 rings (SSSR count). The summed E-state index contributed by atoms with van der Waals surface area (Å²) in [6.07, 6.45) is 6.37. The minimum absolute atomic E-state index is 0.0588. The Bertz CT molecular complexity index is 572. The van der Waals surface area contributed by atoms with Crippen LogP contribution in [0.2, 0.25) is 0 Å². The number of hydrogen-bond donors (Lipinski definition) is 1. The number of carbonyl (C=O) groups is 1. The number of pyridine rings is 1. The van der Waals surface area contributed by atoms with Crippen LogP contribution >= 0.6 is 0 Å². The molecule has 102 valence electrons. The van der Waals surface area contributed by atoms with Gasteiger partial charge in [-0.3, -0.25) is 9.78 Å². The summed E-state index contributed by atoms with van der Waals surface area (Å²) >= 11 is 0. The highest BCUT2D eigenvalue weighted by molar-refractivity contribution is 5.92. The lowest BCUT2D eigenvalue weighted by molar-refractivity contribution is 0.0933. The molecule has 1 aliphatic carbocycles. The molecule has 3 heteroatoms. The average Bonchev–Trinajstić information content (AvgIpc) is 3.01. The first kappa shape index (κ1) is 12.9. The van der Waals surface area contributed by atoms with Crippen LogP contribution in [0.4, 0.5) is 0 Å². The highest BCUT2D eigenvalue weighted by Crippen LogP contribution is 2.19. The largest absolute Gasteiger partial charge is 0.348 e. The van der Waals surface area contributed by atoms with Crippen molar-refractivity contribution in [2.45, 2.75) is 31.7 Å². The van der Waals surface area contributed by atoms with E-state index in [2.05, 4.69) is 10.3 Å². The van der Waals surface area contributed by atoms with E-state index in [1.54, 1.807) is 12.3 Å². The van der Waals surface area contributed by atoms with Crippen molar-refractivity contribution in [3.63, 3.8) is 0 Å². The topological polar surface area (TPSA) is 42.0 Å². The Morgan fingerprint density at radius 3 is 2.40 bits per heavy atom. The SMILES string of the molecule is O=C(NC1CCCC1)c1ccc(-c2ccccc2)cn1. The minimum atomic E-state index is -0.0588. The maximum Gasteiger partial charge on any atom is 0.270 e. The molecule has 3 nitrogen and oxygen atoms in total. The lowest BCUT2D eigenvalue weighted by Crippen LogP contribution is -2.33. The summed E-state index contributed by atoms with van der Waals surface area (Å²) in [5, 5.41) is 3.05. The normalized spacial score (nSPS) is 15.2. The fourth-order valence-corrected chi connectivity index (χ4v) is 2.66. The molecule has 1 saturated carbocycles. The van der Waals surface area contributed by atoms with Gasteiger partial charge >= 0.3 is 0 Å². The lowest BCUT2D eigenvalue weighted by atomic mass is 10.1. The Morgan fingerprint density at radius 1 is 1.00 bits per heavy atom. The van der Waals surface area contributed by atoms with E-state index in [1.165, 1.54) is 12.8 Å². The van der Waals surface area contributed by atoms with Crippen LogP contribution in [0, 0.1) is 0 Å². The van der Waals surface area contributed by atoms with Gasteiger partial charge in [-0.15, -0.1) is 0 Å². The molecule has 0 saturated heterocycles. The minimum Gasteiger partial charge on any atom is -0.348 e. The van der Waals surface area contributed by atoms with E-state index in [9.17, 15) is 4.79 Å². The summed E-state index contributed by atoms with van der Waals surface area (Å²) in [6, 6.07) is 14.1. The number of nitrogens with one attached hydrogen (secondary N) is 1. The van der Waals surface area contributed by atoms with Crippen molar-refractivity contribution in [3.8, 4) is 11.1 Å². The van der Waals surface area contributed by atoms with Crippen LogP contribution in [-0.2, 0) is 0 Å². The molecule has 1 amide bonds. The maximum absolute atomic E-state index is 12.1. The van der Waals surface area contributed by atoms with Gasteiger partial charge in [0.15, 0.2) is 0 Å². The van der Waals surface area contributed by atoms with Gasteiger partial charge in [-0.05, 0) is 24.5 Å². The zero-order valence-corrected chi connectivity index (χ0v) is 11.4. The van der Waals surface area contributed by atoms with Crippen LogP contribution in [0.5, 0.6) is 0 Å². The summed E-state index contributed by atoms with van der Waals surface area (Å²) in [5.74, 6) is -0.0588. The Balaban J connectivity index is 1.71. The molecule has 2 aromatic rings. The van der Waals surface area contributed by atoms with Gasteiger partial charge in [0.05, 0.1) is 0 Å². The second-order valence-electron chi connectivity index (χ2n) is 5.25. The molecule has 20 heavy (non-hydrogen) atoms. The number of benzene rings is 1. The van der Waals surface area contributed by atoms with Crippen molar-refractivity contribution < 1.29 is 4.79 Å². The fraction of sp³-hybridized carbons (Fsp3) is 0.294. The quantitative estimate of drug-likeness (QED) is 0.925. The van der Waals surface area contributed by atoms with Crippen LogP contribution in [-0.4, -0.2) is 16.9 Å². The second kappa shape index (κ2) is 5.87. The second-order valence-corrected chi connectivity index (χ2v) is 5.25. The molecule has 1 aliphatic rings. The van der Waals surface area contributed by atoms with Crippen LogP contribution in [0.3, 0.4) is 0 Å². The lowest BCUT2D eigenvalue weighted by Gasteiger charge is -2.11. The summed E-state index contributed by atoms with van der Waals surface area (Å²) in [7, 11) is 0. The molecule has 1 heterocycles. The summed E-state index contributed by atoms with van der Waals surface area (Å²) in [4.78, 5) is 16.4. The van der Waals surface area contributed by atoms with E-state index in [0.717, 1.165) is 24.0 Å². The van der Waals surface area contributed by atoms with Gasteiger partial charge in [0, 0.05) is 17.8 Å². The van der Waals surface area contributed by atoms with E-state index in [-0.39, 0.29) is 5.91 Å². The van der Waals surface area contributed by atoms with Crippen LogP contribution in [0.1, 0.15) is 36.2 Å². The molecular weight excluding hydrogens is 248 g/mol. The number of hydrogen-bond acceptors (Lipinski definition) is 2. The molecule has 1 aromatic heterocycles. The average molecular weight is 266 g/mol. The summed E-state index contributed by atoms with van der Waals surface area (Å²) in [5.41, 5.74) is 2.64. The van der Waals surface area contributed by atoms with Gasteiger partial charge < -0.3 is 5.32 Å². The zero-order valence-electron chi connectivity index (χ0n) is 11.4. The molecule has 0 atom stereocenters. The highest BCUT2D eigenvalue weighted by Gasteiger charge is 2.18. The van der Waals surface area contributed by atoms with Gasteiger partial charge in [0.2, 0.25) is 0 Å². The van der Waals surface area contributed by atoms with Crippen LogP contribution in [0.25, 0.3) is 11.1 Å². The first-order valence-corrected chi connectivity index (χ1v) is 7.15. The van der Waals surface area contributed by atoms with Crippen molar-refractivity contribution in [2.24, 2.45) is 0 Å². The Hall–Kier alpha value is -2.16. The van der Waals surface area contributed by atoms with Gasteiger partial charge in [0.1, 0.15) is 5.69 Å². The van der Waals surface area contributed by atoms with Gasteiger partial charge in [-0.1, -0.05) is 49.2 Å². The predicted molar refractivity (Wildman–Crippen MR) is 79.4 cm³/mol. The number of amides is 1. The summed E-state index contributed by atoms with van der Waals surface area (Å²) in [6.45, 7) is 0. The number of aromatic nitrogens is 1. The van der Waals surface area contributed by atoms with Crippen LogP contribution in [0.15, 0.2) is 48.7 Å². The summed E-state index contributed by atoms with van der Waals surface area (Å²) < 4.78 is 0. The van der Waals surface area contributed by atoms with E-state index in [1.807, 2.05) is 36.4 Å². The highest BCUT2D eigenvalue weighted by atomic mass is 16.1. The van der Waals surface area contributed by atoms with Crippen molar-refractivity contribution in [3.05, 3.63) is 54.4 Å². The fourth-order valence-electron chi connectivity index (χ4n) is 2.66. The molecule has 0 aliphatic heterocycles. The maximum atomic E-state index is 12.1. The molecular formula is C17H18N2O. The predicted octanol–water partition coefficient (Wildman–Crippen LogP) is 3.42. The molecule has 1 fully saturated rings. The van der Waals surface area contributed by atoms with E-state index < -0.39 is 0 Å². The molecule has 1 N–H and O–H groups in total. The van der Waals surface area contributed by atoms with Gasteiger partial charge in [0.25, 0.3) is 5.91 Å². The van der Waals surface area contributed by atoms with Gasteiger partial charge in [-0.25, -0.2) is 0 Å². The van der Waals surface area contributed by atoms with Crippen LogP contribution < -0.4 is 5.32 Å². The van der Waals surface area contributed by atoms with E-state index >= 15 is 0 Å². The number of rotatable bonds is 3. The monoisotopic (exact) mass is 266 g/mol. The number of carbonyl (C=O) groups excluding carboxylic acids is 1. The van der Waals surface area contributed by atoms with Crippen molar-refractivity contribution >= 4 is 5.91 Å². The third-order valence-corrected chi connectivity index (χ3v) is 3.79. The third-order valence-electron chi connectivity index (χ3n) is 3.79. The molecule has 0 bridgehead atoms. The number of nitrogens with zero attached hydrogens (tertiary/aromatic N) is 1. The molecule has 1 aromatic carbocycles. The zero-order chi connectivity index (χ0) is 13.8. The standard InChI is InChI=1S/C17H18N2O/c20-17(19-15-8-4-5-9-15)16-11-10-14(12-18-16)13-6-2-1-3-7-13/h1-3,6-7,10-12,15H,4-5,8-9H2,(H,19,20). The molecule has 0 unspecified atom stereocenters. The molecule has 0 radical (unpaired) electrons. The molecule has 0 spiro atoms. The first-order chi connectivity index (χ1) is 9.83. The third kappa shape index (κ3) is 2.87.